The molecule has 120 valence electrons. The van der Waals surface area contributed by atoms with Crippen LogP contribution in [0.5, 0.6) is 11.5 Å². The van der Waals surface area contributed by atoms with Crippen molar-refractivity contribution in [2.24, 2.45) is 0 Å². The van der Waals surface area contributed by atoms with Gasteiger partial charge >= 0.3 is 0 Å². The predicted molar refractivity (Wildman–Crippen MR) is 93.9 cm³/mol. The van der Waals surface area contributed by atoms with E-state index in [2.05, 4.69) is 41.3 Å². The van der Waals surface area contributed by atoms with Crippen molar-refractivity contribution in [1.29, 1.82) is 0 Å². The van der Waals surface area contributed by atoms with Gasteiger partial charge in [0.15, 0.2) is 0 Å². The minimum absolute atomic E-state index is 0.908. The Hall–Kier alpha value is -2.26. The van der Waals surface area contributed by atoms with E-state index in [4.69, 9.17) is 9.47 Å². The van der Waals surface area contributed by atoms with Gasteiger partial charge in [-0.15, -0.1) is 0 Å². The topological polar surface area (TPSA) is 21.7 Å². The lowest BCUT2D eigenvalue weighted by atomic mass is 10.1. The van der Waals surface area contributed by atoms with Crippen LogP contribution in [-0.4, -0.2) is 32.2 Å². The van der Waals surface area contributed by atoms with E-state index in [1.54, 1.807) is 14.2 Å². The van der Waals surface area contributed by atoms with Gasteiger partial charge in [-0.2, -0.15) is 0 Å². The molecule has 0 bridgehead atoms. The molecule has 3 rings (SSSR count). The maximum absolute atomic E-state index is 5.30. The smallest absolute Gasteiger partial charge is 0.119 e. The van der Waals surface area contributed by atoms with Gasteiger partial charge < -0.3 is 9.47 Å². The highest BCUT2D eigenvalue weighted by Crippen LogP contribution is 2.23. The summed E-state index contributed by atoms with van der Waals surface area (Å²) >= 11 is 0. The fourth-order valence-corrected chi connectivity index (χ4v) is 3.00. The van der Waals surface area contributed by atoms with Crippen molar-refractivity contribution >= 4 is 6.08 Å². The molecule has 3 nitrogen and oxygen atoms in total. The Labute approximate surface area is 138 Å². The van der Waals surface area contributed by atoms with E-state index in [0.29, 0.717) is 0 Å². The van der Waals surface area contributed by atoms with Crippen molar-refractivity contribution in [2.45, 2.75) is 13.0 Å². The van der Waals surface area contributed by atoms with Crippen molar-refractivity contribution < 1.29 is 9.47 Å². The van der Waals surface area contributed by atoms with Gasteiger partial charge in [0.2, 0.25) is 0 Å². The van der Waals surface area contributed by atoms with E-state index in [9.17, 15) is 0 Å². The number of benzene rings is 2. The molecule has 0 atom stereocenters. The summed E-state index contributed by atoms with van der Waals surface area (Å²) in [6.45, 7) is 3.09. The SMILES string of the molecule is COc1cccc(/C=C2\CCN(Cc3cccc(OC)c3)C2)c1. The lowest BCUT2D eigenvalue weighted by Crippen LogP contribution is -2.18. The summed E-state index contributed by atoms with van der Waals surface area (Å²) in [6, 6.07) is 16.5. The van der Waals surface area contributed by atoms with Crippen LogP contribution in [0, 0.1) is 0 Å². The van der Waals surface area contributed by atoms with Crippen LogP contribution in [0.3, 0.4) is 0 Å². The molecular formula is C20H23NO2. The highest BCUT2D eigenvalue weighted by Gasteiger charge is 2.16. The summed E-state index contributed by atoms with van der Waals surface area (Å²) in [4.78, 5) is 2.47. The van der Waals surface area contributed by atoms with Crippen LogP contribution in [0.4, 0.5) is 0 Å². The number of methoxy groups -OCH3 is 2. The maximum Gasteiger partial charge on any atom is 0.119 e. The molecule has 2 aromatic rings. The fraction of sp³-hybridized carbons (Fsp3) is 0.300. The van der Waals surface area contributed by atoms with E-state index >= 15 is 0 Å². The summed E-state index contributed by atoms with van der Waals surface area (Å²) < 4.78 is 10.6. The molecule has 2 aromatic carbocycles. The van der Waals surface area contributed by atoms with Gasteiger partial charge in [0, 0.05) is 19.6 Å². The summed E-state index contributed by atoms with van der Waals surface area (Å²) in [5.74, 6) is 1.83. The molecule has 1 saturated heterocycles. The van der Waals surface area contributed by atoms with Crippen molar-refractivity contribution in [3.8, 4) is 11.5 Å². The average molecular weight is 309 g/mol. The summed E-state index contributed by atoms with van der Waals surface area (Å²) in [5, 5.41) is 0. The van der Waals surface area contributed by atoms with E-state index in [1.807, 2.05) is 18.2 Å². The first-order valence-corrected chi connectivity index (χ1v) is 7.95. The lowest BCUT2D eigenvalue weighted by molar-refractivity contribution is 0.336. The minimum atomic E-state index is 0.908. The highest BCUT2D eigenvalue weighted by molar-refractivity contribution is 5.55. The molecule has 0 spiro atoms. The zero-order valence-corrected chi connectivity index (χ0v) is 13.8. The third kappa shape index (κ3) is 4.14. The Bertz CT molecular complexity index is 694. The number of hydrogen-bond acceptors (Lipinski definition) is 3. The molecule has 1 aliphatic heterocycles. The van der Waals surface area contributed by atoms with Gasteiger partial charge in [-0.1, -0.05) is 35.9 Å². The van der Waals surface area contributed by atoms with Crippen LogP contribution in [0.25, 0.3) is 6.08 Å². The Morgan fingerprint density at radius 3 is 2.52 bits per heavy atom. The van der Waals surface area contributed by atoms with Crippen LogP contribution in [-0.2, 0) is 6.54 Å². The van der Waals surface area contributed by atoms with Crippen molar-refractivity contribution in [2.75, 3.05) is 27.3 Å². The second-order valence-electron chi connectivity index (χ2n) is 5.89. The van der Waals surface area contributed by atoms with Crippen LogP contribution >= 0.6 is 0 Å². The van der Waals surface area contributed by atoms with E-state index in [0.717, 1.165) is 37.6 Å². The molecule has 1 aliphatic rings. The van der Waals surface area contributed by atoms with Crippen molar-refractivity contribution in [3.05, 3.63) is 65.2 Å². The number of ether oxygens (including phenoxy) is 2. The minimum Gasteiger partial charge on any atom is -0.497 e. The van der Waals surface area contributed by atoms with E-state index < -0.39 is 0 Å². The van der Waals surface area contributed by atoms with E-state index in [-0.39, 0.29) is 0 Å². The average Bonchev–Trinajstić information content (AvgIpc) is 3.02. The van der Waals surface area contributed by atoms with Gasteiger partial charge in [0.1, 0.15) is 11.5 Å². The van der Waals surface area contributed by atoms with Crippen molar-refractivity contribution in [1.82, 2.24) is 4.90 Å². The summed E-state index contributed by atoms with van der Waals surface area (Å²) in [6.07, 6.45) is 3.41. The zero-order chi connectivity index (χ0) is 16.1. The highest BCUT2D eigenvalue weighted by atomic mass is 16.5. The maximum atomic E-state index is 5.30. The Balaban J connectivity index is 1.64. The number of likely N-dealkylation sites (tertiary alicyclic amines) is 1. The van der Waals surface area contributed by atoms with Crippen molar-refractivity contribution in [3.63, 3.8) is 0 Å². The molecular weight excluding hydrogens is 286 g/mol. The molecule has 0 radical (unpaired) electrons. The molecule has 0 aromatic heterocycles. The number of rotatable bonds is 5. The molecule has 0 N–H and O–H groups in total. The Kier molecular flexibility index (Phi) is 4.99. The van der Waals surface area contributed by atoms with Crippen LogP contribution in [0.2, 0.25) is 0 Å². The molecule has 0 saturated carbocycles. The van der Waals surface area contributed by atoms with Gasteiger partial charge in [-0.25, -0.2) is 0 Å². The molecule has 0 amide bonds. The van der Waals surface area contributed by atoms with Crippen LogP contribution in [0.1, 0.15) is 17.5 Å². The van der Waals surface area contributed by atoms with Gasteiger partial charge in [-0.3, -0.25) is 4.90 Å². The van der Waals surface area contributed by atoms with Gasteiger partial charge in [0.25, 0.3) is 0 Å². The molecule has 1 fully saturated rings. The van der Waals surface area contributed by atoms with Gasteiger partial charge in [-0.05, 0) is 41.8 Å². The first-order chi connectivity index (χ1) is 11.3. The Morgan fingerprint density at radius 1 is 1.00 bits per heavy atom. The quantitative estimate of drug-likeness (QED) is 0.833. The molecule has 23 heavy (non-hydrogen) atoms. The normalized spacial score (nSPS) is 16.7. The summed E-state index contributed by atoms with van der Waals surface area (Å²) in [5.41, 5.74) is 3.98. The number of nitrogens with zero attached hydrogens (tertiary/aromatic N) is 1. The molecule has 0 aliphatic carbocycles. The molecule has 1 heterocycles. The molecule has 0 unspecified atom stereocenters. The lowest BCUT2D eigenvalue weighted by Gasteiger charge is -2.14. The molecule has 3 heteroatoms. The Morgan fingerprint density at radius 2 is 1.74 bits per heavy atom. The number of hydrogen-bond donors (Lipinski definition) is 0. The van der Waals surface area contributed by atoms with Crippen LogP contribution in [0.15, 0.2) is 54.1 Å². The zero-order valence-electron chi connectivity index (χ0n) is 13.8. The summed E-state index contributed by atoms with van der Waals surface area (Å²) in [7, 11) is 3.42. The van der Waals surface area contributed by atoms with Crippen LogP contribution < -0.4 is 9.47 Å². The standard InChI is InChI=1S/C20H23NO2/c1-22-19-7-3-5-16(12-19)11-18-9-10-21(15-18)14-17-6-4-8-20(13-17)23-2/h3-8,11-13H,9-10,14-15H2,1-2H3/b18-11+. The second-order valence-corrected chi connectivity index (χ2v) is 5.89. The second kappa shape index (κ2) is 7.34. The van der Waals surface area contributed by atoms with E-state index in [1.165, 1.54) is 16.7 Å². The fourth-order valence-electron chi connectivity index (χ4n) is 3.00. The first-order valence-electron chi connectivity index (χ1n) is 7.95. The van der Waals surface area contributed by atoms with Gasteiger partial charge in [0.05, 0.1) is 14.2 Å². The monoisotopic (exact) mass is 309 g/mol. The third-order valence-corrected chi connectivity index (χ3v) is 4.18. The first kappa shape index (κ1) is 15.6. The predicted octanol–water partition coefficient (Wildman–Crippen LogP) is 3.99. The largest absolute Gasteiger partial charge is 0.497 e. The third-order valence-electron chi connectivity index (χ3n) is 4.18.